The van der Waals surface area contributed by atoms with E-state index in [1.54, 1.807) is 0 Å². The Balaban J connectivity index is 0.00000134. The van der Waals surface area contributed by atoms with Crippen LogP contribution in [0.15, 0.2) is 42.6 Å². The number of carbonyl (C=O) groups is 1. The Labute approximate surface area is 145 Å². The maximum Gasteiger partial charge on any atom is 0.573 e. The number of alkyl halides is 3. The lowest BCUT2D eigenvalue weighted by Crippen LogP contribution is -2.17. The van der Waals surface area contributed by atoms with E-state index in [1.165, 1.54) is 37.4 Å². The van der Waals surface area contributed by atoms with Crippen molar-refractivity contribution in [1.82, 2.24) is 4.98 Å². The van der Waals surface area contributed by atoms with E-state index < -0.39 is 12.1 Å². The van der Waals surface area contributed by atoms with Gasteiger partial charge in [0.05, 0.1) is 0 Å². The minimum absolute atomic E-state index is 0.104. The number of pyridine rings is 1. The highest BCUT2D eigenvalue weighted by Gasteiger charge is 2.31. The Kier molecular flexibility index (Phi) is 9.93. The molecule has 4 nitrogen and oxygen atoms in total. The van der Waals surface area contributed by atoms with Crippen LogP contribution in [-0.2, 0) is 0 Å². The van der Waals surface area contributed by atoms with Gasteiger partial charge in [-0.1, -0.05) is 33.8 Å². The summed E-state index contributed by atoms with van der Waals surface area (Å²) < 4.78 is 45.5. The molecule has 25 heavy (non-hydrogen) atoms. The van der Waals surface area contributed by atoms with E-state index in [0.717, 1.165) is 12.1 Å². The molecule has 1 aromatic heterocycles. The van der Waals surface area contributed by atoms with Crippen LogP contribution in [0.2, 0.25) is 0 Å². The van der Waals surface area contributed by atoms with Gasteiger partial charge in [-0.05, 0) is 25.1 Å². The van der Waals surface area contributed by atoms with E-state index in [0.29, 0.717) is 5.56 Å². The van der Waals surface area contributed by atoms with E-state index in [4.69, 9.17) is 4.74 Å². The third kappa shape index (κ3) is 8.74. The molecule has 0 bridgehead atoms. The highest BCUT2D eigenvalue weighted by molar-refractivity contribution is 5.94. The molecule has 138 valence electrons. The molecule has 0 saturated carbocycles. The van der Waals surface area contributed by atoms with Crippen molar-refractivity contribution in [3.8, 4) is 17.4 Å². The van der Waals surface area contributed by atoms with Crippen molar-refractivity contribution in [3.63, 3.8) is 0 Å². The Hall–Kier alpha value is -2.57. The molecule has 0 N–H and O–H groups in total. The molecule has 2 rings (SSSR count). The Morgan fingerprint density at radius 2 is 1.60 bits per heavy atom. The number of Topliss-reactive ketones (excluding diaryl/α,β-unsaturated/α-hetero) is 1. The Morgan fingerprint density at radius 1 is 1.00 bits per heavy atom. The number of ketones is 1. The minimum atomic E-state index is -4.77. The summed E-state index contributed by atoms with van der Waals surface area (Å²) in [6.45, 7) is 9.39. The monoisotopic (exact) mass is 357 g/mol. The van der Waals surface area contributed by atoms with Crippen molar-refractivity contribution in [3.05, 3.63) is 48.2 Å². The van der Waals surface area contributed by atoms with Gasteiger partial charge < -0.3 is 9.47 Å². The highest BCUT2D eigenvalue weighted by Crippen LogP contribution is 2.28. The SMILES string of the molecule is CC.CC.CC(=O)c1ccnc(Oc2cccc(OC(F)(F)F)c2)c1. The quantitative estimate of drug-likeness (QED) is 0.627. The molecule has 2 aromatic rings. The number of carbonyl (C=O) groups excluding carboxylic acids is 1. The second-order valence-corrected chi connectivity index (χ2v) is 4.06. The van der Waals surface area contributed by atoms with E-state index in [1.807, 2.05) is 27.7 Å². The van der Waals surface area contributed by atoms with Crippen LogP contribution in [0.25, 0.3) is 0 Å². The van der Waals surface area contributed by atoms with Crippen molar-refractivity contribution >= 4 is 5.78 Å². The van der Waals surface area contributed by atoms with Gasteiger partial charge in [-0.3, -0.25) is 4.79 Å². The van der Waals surface area contributed by atoms with E-state index in [2.05, 4.69) is 9.72 Å². The maximum atomic E-state index is 12.1. The minimum Gasteiger partial charge on any atom is -0.439 e. The molecular weight excluding hydrogens is 335 g/mol. The molecule has 0 radical (unpaired) electrons. The number of hydrogen-bond donors (Lipinski definition) is 0. The van der Waals surface area contributed by atoms with Gasteiger partial charge in [-0.2, -0.15) is 0 Å². The van der Waals surface area contributed by atoms with Crippen LogP contribution >= 0.6 is 0 Å². The van der Waals surface area contributed by atoms with Crippen molar-refractivity contribution in [2.24, 2.45) is 0 Å². The van der Waals surface area contributed by atoms with Crippen molar-refractivity contribution in [1.29, 1.82) is 0 Å². The number of aromatic nitrogens is 1. The first-order chi connectivity index (χ1) is 11.8. The number of halogens is 3. The first-order valence-corrected chi connectivity index (χ1v) is 7.84. The number of nitrogens with zero attached hydrogens (tertiary/aromatic N) is 1. The zero-order chi connectivity index (χ0) is 19.5. The summed E-state index contributed by atoms with van der Waals surface area (Å²) in [5, 5.41) is 0. The molecule has 1 aromatic carbocycles. The zero-order valence-electron chi connectivity index (χ0n) is 14.8. The molecule has 0 aliphatic heterocycles. The number of hydrogen-bond acceptors (Lipinski definition) is 4. The van der Waals surface area contributed by atoms with Gasteiger partial charge >= 0.3 is 6.36 Å². The van der Waals surface area contributed by atoms with Crippen LogP contribution in [0.1, 0.15) is 45.0 Å². The molecule has 0 unspecified atom stereocenters. The van der Waals surface area contributed by atoms with Crippen LogP contribution in [0.4, 0.5) is 13.2 Å². The molecule has 0 spiro atoms. The van der Waals surface area contributed by atoms with Crippen LogP contribution in [0.5, 0.6) is 17.4 Å². The van der Waals surface area contributed by atoms with Gasteiger partial charge in [0.1, 0.15) is 11.5 Å². The molecular formula is C18H22F3NO3. The van der Waals surface area contributed by atoms with Crippen LogP contribution < -0.4 is 9.47 Å². The summed E-state index contributed by atoms with van der Waals surface area (Å²) in [7, 11) is 0. The van der Waals surface area contributed by atoms with Gasteiger partial charge in [-0.25, -0.2) is 4.98 Å². The highest BCUT2D eigenvalue weighted by atomic mass is 19.4. The van der Waals surface area contributed by atoms with E-state index in [-0.39, 0.29) is 17.4 Å². The van der Waals surface area contributed by atoms with Gasteiger partial charge in [0.15, 0.2) is 5.78 Å². The number of benzene rings is 1. The van der Waals surface area contributed by atoms with Gasteiger partial charge in [0.2, 0.25) is 5.88 Å². The summed E-state index contributed by atoms with van der Waals surface area (Å²) in [6.07, 6.45) is -3.40. The Bertz CT molecular complexity index is 658. The lowest BCUT2D eigenvalue weighted by atomic mass is 10.2. The largest absolute Gasteiger partial charge is 0.573 e. The van der Waals surface area contributed by atoms with Gasteiger partial charge in [-0.15, -0.1) is 13.2 Å². The second kappa shape index (κ2) is 11.1. The molecule has 0 saturated heterocycles. The standard InChI is InChI=1S/C14H10F3NO3.2C2H6/c1-9(19)10-5-6-18-13(7-10)20-11-3-2-4-12(8-11)21-14(15,16)17;2*1-2/h2-8H,1H3;2*1-2H3. The van der Waals surface area contributed by atoms with Crippen LogP contribution in [-0.4, -0.2) is 17.1 Å². The second-order valence-electron chi connectivity index (χ2n) is 4.06. The summed E-state index contributed by atoms with van der Waals surface area (Å²) in [4.78, 5) is 15.1. The smallest absolute Gasteiger partial charge is 0.439 e. The average molecular weight is 357 g/mol. The maximum absolute atomic E-state index is 12.1. The average Bonchev–Trinajstić information content (AvgIpc) is 2.57. The first-order valence-electron chi connectivity index (χ1n) is 7.84. The molecule has 0 aliphatic carbocycles. The number of ether oxygens (including phenoxy) is 2. The summed E-state index contributed by atoms with van der Waals surface area (Å²) in [5.74, 6) is -0.351. The van der Waals surface area contributed by atoms with Crippen molar-refractivity contribution < 1.29 is 27.4 Å². The molecule has 0 amide bonds. The molecule has 1 heterocycles. The predicted octanol–water partition coefficient (Wildman–Crippen LogP) is 6.03. The summed E-state index contributed by atoms with van der Waals surface area (Å²) in [6, 6.07) is 7.95. The molecule has 0 aliphatic rings. The van der Waals surface area contributed by atoms with Gasteiger partial charge in [0.25, 0.3) is 0 Å². The summed E-state index contributed by atoms with van der Waals surface area (Å²) in [5.41, 5.74) is 0.391. The Morgan fingerprint density at radius 3 is 2.16 bits per heavy atom. The van der Waals surface area contributed by atoms with Crippen molar-refractivity contribution in [2.75, 3.05) is 0 Å². The fraction of sp³-hybridized carbons (Fsp3) is 0.333. The van der Waals surface area contributed by atoms with E-state index in [9.17, 15) is 18.0 Å². The topological polar surface area (TPSA) is 48.4 Å². The van der Waals surface area contributed by atoms with Crippen LogP contribution in [0, 0.1) is 0 Å². The first kappa shape index (κ1) is 22.4. The number of rotatable bonds is 4. The molecule has 0 fully saturated rings. The zero-order valence-corrected chi connectivity index (χ0v) is 14.8. The van der Waals surface area contributed by atoms with Crippen molar-refractivity contribution in [2.45, 2.75) is 41.0 Å². The predicted molar refractivity (Wildman–Crippen MR) is 90.1 cm³/mol. The lowest BCUT2D eigenvalue weighted by Gasteiger charge is -2.10. The van der Waals surface area contributed by atoms with E-state index >= 15 is 0 Å². The molecule has 7 heteroatoms. The fourth-order valence-electron chi connectivity index (χ4n) is 1.54. The third-order valence-electron chi connectivity index (χ3n) is 2.40. The van der Waals surface area contributed by atoms with Gasteiger partial charge in [0, 0.05) is 23.9 Å². The normalized spacial score (nSPS) is 9.76. The molecule has 0 atom stereocenters. The summed E-state index contributed by atoms with van der Waals surface area (Å²) >= 11 is 0. The lowest BCUT2D eigenvalue weighted by molar-refractivity contribution is -0.274. The third-order valence-corrected chi connectivity index (χ3v) is 2.40. The fourth-order valence-corrected chi connectivity index (χ4v) is 1.54. The van der Waals surface area contributed by atoms with Crippen LogP contribution in [0.3, 0.4) is 0 Å².